The molecule has 5 heteroatoms. The van der Waals surface area contributed by atoms with E-state index in [1.165, 1.54) is 0 Å². The van der Waals surface area contributed by atoms with Gasteiger partial charge in [-0.05, 0) is 50.8 Å². The van der Waals surface area contributed by atoms with Crippen molar-refractivity contribution in [1.82, 2.24) is 4.90 Å². The van der Waals surface area contributed by atoms with Crippen LogP contribution in [-0.4, -0.2) is 35.3 Å². The summed E-state index contributed by atoms with van der Waals surface area (Å²) in [6.45, 7) is 6.27. The van der Waals surface area contributed by atoms with Crippen molar-refractivity contribution < 1.29 is 14.3 Å². The molecule has 2 aliphatic rings. The summed E-state index contributed by atoms with van der Waals surface area (Å²) in [5, 5.41) is 11.4. The minimum Gasteiger partial charge on any atom is -0.507 e. The van der Waals surface area contributed by atoms with Gasteiger partial charge >= 0.3 is 5.63 Å². The lowest BCUT2D eigenvalue weighted by atomic mass is 10.0. The van der Waals surface area contributed by atoms with E-state index in [1.54, 1.807) is 6.07 Å². The second-order valence-corrected chi connectivity index (χ2v) is 7.09. The van der Waals surface area contributed by atoms with Crippen LogP contribution >= 0.6 is 0 Å². The summed E-state index contributed by atoms with van der Waals surface area (Å²) in [5.41, 5.74) is 2.93. The van der Waals surface area contributed by atoms with Crippen molar-refractivity contribution in [3.05, 3.63) is 39.2 Å². The summed E-state index contributed by atoms with van der Waals surface area (Å²) in [4.78, 5) is 14.6. The molecule has 1 N–H and O–H groups in total. The van der Waals surface area contributed by atoms with Crippen LogP contribution in [-0.2, 0) is 24.1 Å². The van der Waals surface area contributed by atoms with Crippen molar-refractivity contribution in [1.29, 1.82) is 0 Å². The van der Waals surface area contributed by atoms with Gasteiger partial charge in [0.15, 0.2) is 0 Å². The van der Waals surface area contributed by atoms with Crippen LogP contribution in [0.2, 0.25) is 0 Å². The summed E-state index contributed by atoms with van der Waals surface area (Å²) in [6, 6.07) is 3.61. The minimum absolute atomic E-state index is 0.155. The quantitative estimate of drug-likeness (QED) is 0.858. The maximum atomic E-state index is 12.3. The zero-order valence-electron chi connectivity index (χ0n) is 14.2. The summed E-state index contributed by atoms with van der Waals surface area (Å²) in [5.74, 6) is 0.190. The van der Waals surface area contributed by atoms with Crippen LogP contribution in [0.5, 0.6) is 5.75 Å². The number of phenolic OH excluding ortho intramolecular Hbond substituents is 1. The van der Waals surface area contributed by atoms with Gasteiger partial charge in [0, 0.05) is 30.6 Å². The maximum Gasteiger partial charge on any atom is 0.339 e. The van der Waals surface area contributed by atoms with Gasteiger partial charge in [-0.15, -0.1) is 0 Å². The van der Waals surface area contributed by atoms with Crippen LogP contribution < -0.4 is 5.63 Å². The third-order valence-electron chi connectivity index (χ3n) is 5.10. The average molecular weight is 329 g/mol. The summed E-state index contributed by atoms with van der Waals surface area (Å²) in [7, 11) is 0. The number of hydrogen-bond donors (Lipinski definition) is 1. The Labute approximate surface area is 140 Å². The zero-order valence-corrected chi connectivity index (χ0v) is 14.2. The average Bonchev–Trinajstić information content (AvgIpc) is 3.00. The van der Waals surface area contributed by atoms with Crippen molar-refractivity contribution >= 4 is 11.0 Å². The second kappa shape index (κ2) is 5.90. The molecule has 4 rings (SSSR count). The van der Waals surface area contributed by atoms with E-state index >= 15 is 0 Å². The molecule has 5 nitrogen and oxygen atoms in total. The van der Waals surface area contributed by atoms with Crippen LogP contribution in [0.25, 0.3) is 11.0 Å². The highest BCUT2D eigenvalue weighted by molar-refractivity contribution is 5.86. The molecule has 1 aromatic heterocycles. The van der Waals surface area contributed by atoms with E-state index in [0.29, 0.717) is 17.7 Å². The predicted molar refractivity (Wildman–Crippen MR) is 91.5 cm³/mol. The number of fused-ring (bicyclic) bond motifs is 3. The zero-order chi connectivity index (χ0) is 16.8. The molecule has 2 atom stereocenters. The topological polar surface area (TPSA) is 62.9 Å². The van der Waals surface area contributed by atoms with Gasteiger partial charge in [0.05, 0.1) is 17.8 Å². The van der Waals surface area contributed by atoms with Crippen LogP contribution in [0, 0.1) is 0 Å². The fourth-order valence-electron chi connectivity index (χ4n) is 4.18. The van der Waals surface area contributed by atoms with E-state index in [0.717, 1.165) is 48.9 Å². The standard InChI is InChI=1S/C19H23NO4/c1-11-8-20(9-12(2)23-11)10-16-17(21)7-6-14-13-4-3-5-15(13)19(22)24-18(14)16/h6-7,11-12,21H,3-5,8-10H2,1-2H3/t11-,12+. The maximum absolute atomic E-state index is 12.3. The molecule has 1 aliphatic heterocycles. The summed E-state index contributed by atoms with van der Waals surface area (Å²) < 4.78 is 11.4. The van der Waals surface area contributed by atoms with Crippen molar-refractivity contribution in [2.24, 2.45) is 0 Å². The van der Waals surface area contributed by atoms with Gasteiger partial charge in [-0.1, -0.05) is 0 Å². The van der Waals surface area contributed by atoms with Gasteiger partial charge < -0.3 is 14.3 Å². The monoisotopic (exact) mass is 329 g/mol. The number of hydrogen-bond acceptors (Lipinski definition) is 5. The molecule has 0 bridgehead atoms. The smallest absolute Gasteiger partial charge is 0.339 e. The third kappa shape index (κ3) is 2.62. The molecule has 0 saturated carbocycles. The second-order valence-electron chi connectivity index (χ2n) is 7.09. The predicted octanol–water partition coefficient (Wildman–Crippen LogP) is 2.60. The van der Waals surface area contributed by atoms with E-state index in [1.807, 2.05) is 6.07 Å². The molecule has 0 spiro atoms. The van der Waals surface area contributed by atoms with Gasteiger partial charge in [0.25, 0.3) is 0 Å². The fraction of sp³-hybridized carbons (Fsp3) is 0.526. The lowest BCUT2D eigenvalue weighted by molar-refractivity contribution is -0.0705. The molecule has 24 heavy (non-hydrogen) atoms. The molecule has 0 unspecified atom stereocenters. The number of phenols is 1. The van der Waals surface area contributed by atoms with Crippen molar-refractivity contribution in [2.45, 2.75) is 51.9 Å². The van der Waals surface area contributed by atoms with Gasteiger partial charge in [-0.2, -0.15) is 0 Å². The molecule has 0 amide bonds. The highest BCUT2D eigenvalue weighted by Crippen LogP contribution is 2.34. The van der Waals surface area contributed by atoms with Crippen LogP contribution in [0.15, 0.2) is 21.3 Å². The van der Waals surface area contributed by atoms with Crippen molar-refractivity contribution in [3.8, 4) is 5.75 Å². The molecule has 2 aromatic rings. The number of aromatic hydroxyl groups is 1. The molecule has 2 heterocycles. The molecule has 1 fully saturated rings. The Bertz CT molecular complexity index is 831. The minimum atomic E-state index is -0.245. The van der Waals surface area contributed by atoms with Crippen molar-refractivity contribution in [2.75, 3.05) is 13.1 Å². The molecular weight excluding hydrogens is 306 g/mol. The molecule has 1 aliphatic carbocycles. The lowest BCUT2D eigenvalue weighted by Gasteiger charge is -2.35. The fourth-order valence-corrected chi connectivity index (χ4v) is 4.18. The van der Waals surface area contributed by atoms with Crippen LogP contribution in [0.3, 0.4) is 0 Å². The van der Waals surface area contributed by atoms with Gasteiger partial charge in [0.2, 0.25) is 0 Å². The summed E-state index contributed by atoms with van der Waals surface area (Å²) in [6.07, 6.45) is 3.01. The lowest BCUT2D eigenvalue weighted by Crippen LogP contribution is -2.44. The number of aryl methyl sites for hydroxylation is 1. The first-order valence-electron chi connectivity index (χ1n) is 8.70. The summed E-state index contributed by atoms with van der Waals surface area (Å²) >= 11 is 0. The highest BCUT2D eigenvalue weighted by atomic mass is 16.5. The highest BCUT2D eigenvalue weighted by Gasteiger charge is 2.26. The van der Waals surface area contributed by atoms with E-state index in [4.69, 9.17) is 9.15 Å². The largest absolute Gasteiger partial charge is 0.507 e. The van der Waals surface area contributed by atoms with Crippen LogP contribution in [0.1, 0.15) is 37.0 Å². The van der Waals surface area contributed by atoms with Gasteiger partial charge in [-0.25, -0.2) is 4.79 Å². The Morgan fingerprint density at radius 1 is 1.17 bits per heavy atom. The Hall–Kier alpha value is -1.85. The molecule has 0 radical (unpaired) electrons. The van der Waals surface area contributed by atoms with E-state index in [2.05, 4.69) is 18.7 Å². The first kappa shape index (κ1) is 15.7. The van der Waals surface area contributed by atoms with E-state index in [9.17, 15) is 9.90 Å². The van der Waals surface area contributed by atoms with Gasteiger partial charge in [-0.3, -0.25) is 4.90 Å². The Kier molecular flexibility index (Phi) is 3.85. The first-order valence-corrected chi connectivity index (χ1v) is 8.70. The number of benzene rings is 1. The number of morpholine rings is 1. The number of ether oxygens (including phenoxy) is 1. The number of rotatable bonds is 2. The Morgan fingerprint density at radius 2 is 1.88 bits per heavy atom. The molecule has 1 saturated heterocycles. The first-order chi connectivity index (χ1) is 11.5. The Morgan fingerprint density at radius 3 is 2.62 bits per heavy atom. The van der Waals surface area contributed by atoms with Gasteiger partial charge in [0.1, 0.15) is 11.3 Å². The molecular formula is C19H23NO4. The van der Waals surface area contributed by atoms with E-state index < -0.39 is 0 Å². The molecule has 128 valence electrons. The van der Waals surface area contributed by atoms with Crippen LogP contribution in [0.4, 0.5) is 0 Å². The SMILES string of the molecule is C[C@@H]1CN(Cc2c(O)ccc3c4c(c(=O)oc23)CCC4)C[C@H](C)O1. The van der Waals surface area contributed by atoms with Crippen molar-refractivity contribution in [3.63, 3.8) is 0 Å². The van der Waals surface area contributed by atoms with E-state index in [-0.39, 0.29) is 23.6 Å². The Balaban J connectivity index is 1.79. The number of nitrogens with zero attached hydrogens (tertiary/aromatic N) is 1. The third-order valence-corrected chi connectivity index (χ3v) is 5.10. The normalized spacial score (nSPS) is 24.4. The molecule has 1 aromatic carbocycles.